The zero-order valence-corrected chi connectivity index (χ0v) is 36.5. The minimum Gasteiger partial charge on any atom is -0.354 e. The maximum atomic E-state index is 9.20. The first-order valence-electron chi connectivity index (χ1n) is 24.5. The Labute approximate surface area is 366 Å². The molecular formula is C56H54N4. The van der Waals surface area contributed by atoms with Crippen LogP contribution in [0.3, 0.4) is 0 Å². The molecule has 4 heteroatoms. The second-order valence-electron chi connectivity index (χ2n) is 16.5. The highest BCUT2D eigenvalue weighted by molar-refractivity contribution is 6.02. The van der Waals surface area contributed by atoms with Crippen LogP contribution >= 0.6 is 0 Å². The first-order valence-corrected chi connectivity index (χ1v) is 20.5. The molecule has 4 nitrogen and oxygen atoms in total. The third-order valence-corrected chi connectivity index (χ3v) is 11.8. The molecule has 2 aliphatic heterocycles. The van der Waals surface area contributed by atoms with Crippen molar-refractivity contribution in [2.24, 2.45) is 0 Å². The van der Waals surface area contributed by atoms with Crippen LogP contribution in [0.1, 0.15) is 101 Å². The number of nitrogens with one attached hydrogen (secondary N) is 2. The molecule has 0 unspecified atom stereocenters. The summed E-state index contributed by atoms with van der Waals surface area (Å²) in [5.41, 5.74) is 18.6. The quantitative estimate of drug-likeness (QED) is 0.187. The number of hydrogen-bond donors (Lipinski definition) is 2. The number of aromatic nitrogens is 4. The monoisotopic (exact) mass is 790 g/mol. The molecule has 5 heterocycles. The molecule has 3 aromatic heterocycles. The lowest BCUT2D eigenvalue weighted by Gasteiger charge is -2.15. The van der Waals surface area contributed by atoms with E-state index in [1.165, 1.54) is 0 Å². The summed E-state index contributed by atoms with van der Waals surface area (Å²) in [5, 5.41) is 0. The molecule has 7 aromatic rings. The smallest absolute Gasteiger partial charge is 0.0738 e. The first kappa shape index (κ1) is 30.5. The van der Waals surface area contributed by atoms with E-state index in [1.54, 1.807) is 20.8 Å². The van der Waals surface area contributed by atoms with Gasteiger partial charge >= 0.3 is 0 Å². The van der Waals surface area contributed by atoms with Gasteiger partial charge in [-0.25, -0.2) is 9.97 Å². The molecule has 8 bridgehead atoms. The SMILES string of the molecule is [2H]c1c(C)c([2H])c(C)c(-c2c3nc(c(-c4c(C)c([2H])c(C)c([2H])c4C)c4ccc([nH]4)c(-c4c(C)c([2H])c(C)c([2H])c4C)c4ccc([nH]4)c(-c4c(C)c([2H])c(C)c([2H])c4C)c4nc2C=C4)C=C3)c1C. The average molecular weight is 791 g/mol. The van der Waals surface area contributed by atoms with Crippen LogP contribution in [0.5, 0.6) is 0 Å². The highest BCUT2D eigenvalue weighted by Crippen LogP contribution is 2.43. The van der Waals surface area contributed by atoms with Crippen LogP contribution in [0.2, 0.25) is 0 Å². The van der Waals surface area contributed by atoms with Crippen LogP contribution in [0.25, 0.3) is 90.9 Å². The van der Waals surface area contributed by atoms with Crippen molar-refractivity contribution in [1.82, 2.24) is 19.9 Å². The Morgan fingerprint density at radius 2 is 0.517 bits per heavy atom. The van der Waals surface area contributed by atoms with E-state index in [0.717, 1.165) is 11.1 Å². The van der Waals surface area contributed by atoms with Crippen molar-refractivity contribution in [3.05, 3.63) is 162 Å². The zero-order chi connectivity index (χ0) is 49.3. The number of nitrogens with zero attached hydrogens (tertiary/aromatic N) is 2. The van der Waals surface area contributed by atoms with Crippen LogP contribution in [0.4, 0.5) is 0 Å². The molecule has 0 saturated carbocycles. The summed E-state index contributed by atoms with van der Waals surface area (Å²) < 4.78 is 73.6. The van der Waals surface area contributed by atoms with E-state index in [4.69, 9.17) is 9.97 Å². The van der Waals surface area contributed by atoms with Gasteiger partial charge in [0.15, 0.2) is 0 Å². The van der Waals surface area contributed by atoms with Crippen LogP contribution < -0.4 is 0 Å². The molecule has 2 aliphatic rings. The zero-order valence-electron chi connectivity index (χ0n) is 44.5. The van der Waals surface area contributed by atoms with Crippen LogP contribution in [-0.2, 0) is 0 Å². The Kier molecular flexibility index (Phi) is 7.44. The van der Waals surface area contributed by atoms with E-state index in [9.17, 15) is 11.0 Å². The molecular weight excluding hydrogens is 729 g/mol. The van der Waals surface area contributed by atoms with Crippen molar-refractivity contribution in [3.63, 3.8) is 0 Å². The van der Waals surface area contributed by atoms with Crippen molar-refractivity contribution in [2.45, 2.75) is 83.1 Å². The fourth-order valence-electron chi connectivity index (χ4n) is 9.76. The van der Waals surface area contributed by atoms with Crippen molar-refractivity contribution in [1.29, 1.82) is 0 Å². The number of fused-ring (bicyclic) bond motifs is 8. The predicted octanol–water partition coefficient (Wildman–Crippen LogP) is 15.0. The number of H-pyrrole nitrogens is 2. The van der Waals surface area contributed by atoms with Crippen molar-refractivity contribution >= 4 is 46.4 Å². The third-order valence-electron chi connectivity index (χ3n) is 11.8. The van der Waals surface area contributed by atoms with Gasteiger partial charge in [0.1, 0.15) is 0 Å². The highest BCUT2D eigenvalue weighted by atomic mass is 14.8. The summed E-state index contributed by atoms with van der Waals surface area (Å²) >= 11 is 0. The van der Waals surface area contributed by atoms with Gasteiger partial charge in [-0.3, -0.25) is 0 Å². The molecule has 0 amide bonds. The molecule has 0 spiro atoms. The topological polar surface area (TPSA) is 57.4 Å². The van der Waals surface area contributed by atoms with E-state index in [0.29, 0.717) is 145 Å². The molecule has 0 aliphatic carbocycles. The Hall–Kier alpha value is -6.52. The van der Waals surface area contributed by atoms with Crippen LogP contribution in [0.15, 0.2) is 72.6 Å². The number of hydrogen-bond acceptors (Lipinski definition) is 2. The lowest BCUT2D eigenvalue weighted by molar-refractivity contribution is 1.24. The first-order chi connectivity index (χ1) is 32.1. The van der Waals surface area contributed by atoms with Crippen molar-refractivity contribution < 1.29 is 11.0 Å². The van der Waals surface area contributed by atoms with E-state index in [2.05, 4.69) is 9.97 Å². The lowest BCUT2D eigenvalue weighted by atomic mass is 9.92. The second-order valence-corrected chi connectivity index (χ2v) is 16.5. The summed E-state index contributed by atoms with van der Waals surface area (Å²) in [5.74, 6) is 0. The van der Waals surface area contributed by atoms with Gasteiger partial charge in [-0.2, -0.15) is 0 Å². The maximum absolute atomic E-state index is 9.20. The predicted molar refractivity (Wildman–Crippen MR) is 257 cm³/mol. The normalized spacial score (nSPS) is 14.1. The van der Waals surface area contributed by atoms with E-state index in [1.807, 2.05) is 111 Å². The van der Waals surface area contributed by atoms with Crippen LogP contribution in [0, 0.1) is 83.1 Å². The van der Waals surface area contributed by atoms with Gasteiger partial charge in [0.05, 0.1) is 33.7 Å². The van der Waals surface area contributed by atoms with Gasteiger partial charge in [0.2, 0.25) is 0 Å². The minimum absolute atomic E-state index is 0.265. The highest BCUT2D eigenvalue weighted by Gasteiger charge is 2.24. The molecule has 0 atom stereocenters. The van der Waals surface area contributed by atoms with Crippen molar-refractivity contribution in [3.8, 4) is 44.5 Å². The molecule has 60 heavy (non-hydrogen) atoms. The fourth-order valence-corrected chi connectivity index (χ4v) is 9.76. The summed E-state index contributed by atoms with van der Waals surface area (Å²) in [6.45, 7) is 22.5. The summed E-state index contributed by atoms with van der Waals surface area (Å²) in [6, 6.07) is 10.1. The van der Waals surface area contributed by atoms with Crippen molar-refractivity contribution in [2.75, 3.05) is 0 Å². The molecule has 9 rings (SSSR count). The summed E-state index contributed by atoms with van der Waals surface area (Å²) in [7, 11) is 0. The Morgan fingerprint density at radius 3 is 0.800 bits per heavy atom. The van der Waals surface area contributed by atoms with Gasteiger partial charge < -0.3 is 9.97 Å². The number of benzene rings is 4. The van der Waals surface area contributed by atoms with Gasteiger partial charge in [-0.05, 0) is 198 Å². The van der Waals surface area contributed by atoms with Gasteiger partial charge in [0, 0.05) is 44.3 Å². The second kappa shape index (κ2) is 14.6. The largest absolute Gasteiger partial charge is 0.354 e. The van der Waals surface area contributed by atoms with Gasteiger partial charge in [0.25, 0.3) is 0 Å². The Balaban J connectivity index is 1.60. The van der Waals surface area contributed by atoms with Gasteiger partial charge in [-0.1, -0.05) is 70.6 Å². The Morgan fingerprint density at radius 1 is 0.300 bits per heavy atom. The lowest BCUT2D eigenvalue weighted by Crippen LogP contribution is -1.97. The summed E-state index contributed by atoms with van der Waals surface area (Å²) in [6.07, 6.45) is 7.76. The summed E-state index contributed by atoms with van der Waals surface area (Å²) in [4.78, 5) is 18.4. The molecule has 298 valence electrons. The standard InChI is InChI=1S/C56H54N4/c1-29-21-33(5)49(34(6)22-29)53-41-13-15-43(57-41)54(50-35(7)23-30(2)24-36(50)8)45-17-19-47(59-45)56(52-39(11)27-32(4)28-40(52)12)48-20-18-46(60-48)55(44-16-14-42(53)58-44)51-37(9)25-31(3)26-38(51)10/h13-28,57-58H,1-12H3/i21D,22D,23D,24D,25D,26D,27D,28D. The number of rotatable bonds is 4. The molecule has 2 N–H and O–H groups in total. The average Bonchev–Trinajstić information content (AvgIpc) is 4.18. The van der Waals surface area contributed by atoms with E-state index < -0.39 is 0 Å². The molecule has 4 aromatic carbocycles. The minimum atomic E-state index is 0.265. The Bertz CT molecular complexity index is 3390. The molecule has 0 saturated heterocycles. The maximum Gasteiger partial charge on any atom is 0.0738 e. The molecule has 0 radical (unpaired) electrons. The van der Waals surface area contributed by atoms with E-state index in [-0.39, 0.29) is 48.3 Å². The number of aromatic amines is 2. The fraction of sp³-hybridized carbons (Fsp3) is 0.214. The third kappa shape index (κ3) is 6.55. The van der Waals surface area contributed by atoms with Crippen LogP contribution in [-0.4, -0.2) is 19.9 Å². The van der Waals surface area contributed by atoms with E-state index >= 15 is 0 Å². The van der Waals surface area contributed by atoms with Gasteiger partial charge in [-0.15, -0.1) is 0 Å². The molecule has 0 fully saturated rings.